The number of rotatable bonds is 4. The van der Waals surface area contributed by atoms with Gasteiger partial charge in [0.25, 0.3) is 5.91 Å². The van der Waals surface area contributed by atoms with E-state index < -0.39 is 0 Å². The molecular formula is C14H21N3O. The number of amides is 1. The van der Waals surface area contributed by atoms with Crippen LogP contribution in [0.2, 0.25) is 0 Å². The molecule has 1 amide bonds. The minimum absolute atomic E-state index is 0.0236. The van der Waals surface area contributed by atoms with Crippen LogP contribution in [0.4, 0.5) is 5.82 Å². The molecule has 0 aliphatic heterocycles. The Hall–Kier alpha value is -1.58. The molecule has 1 aliphatic carbocycles. The van der Waals surface area contributed by atoms with E-state index in [4.69, 9.17) is 0 Å². The molecule has 1 atom stereocenters. The Morgan fingerprint density at radius 2 is 2.11 bits per heavy atom. The standard InChI is InChI=1S/C14H21N3O/c1-10(11-5-3-4-6-11)17-14(18)12-7-8-13(15-2)16-9-12/h7-11H,3-6H2,1-2H3,(H,15,16)(H,17,18). The van der Waals surface area contributed by atoms with E-state index in [1.807, 2.05) is 13.1 Å². The van der Waals surface area contributed by atoms with Crippen LogP contribution in [0.5, 0.6) is 0 Å². The van der Waals surface area contributed by atoms with E-state index in [9.17, 15) is 4.79 Å². The van der Waals surface area contributed by atoms with Crippen molar-refractivity contribution in [3.63, 3.8) is 0 Å². The highest BCUT2D eigenvalue weighted by atomic mass is 16.1. The quantitative estimate of drug-likeness (QED) is 0.859. The molecule has 98 valence electrons. The van der Waals surface area contributed by atoms with Gasteiger partial charge in [0.2, 0.25) is 0 Å². The summed E-state index contributed by atoms with van der Waals surface area (Å²) in [7, 11) is 1.81. The van der Waals surface area contributed by atoms with Gasteiger partial charge in [0.1, 0.15) is 5.82 Å². The van der Waals surface area contributed by atoms with E-state index in [-0.39, 0.29) is 11.9 Å². The molecule has 1 aromatic rings. The maximum atomic E-state index is 12.0. The Morgan fingerprint density at radius 3 is 2.67 bits per heavy atom. The van der Waals surface area contributed by atoms with E-state index in [0.29, 0.717) is 11.5 Å². The van der Waals surface area contributed by atoms with Gasteiger partial charge in [-0.05, 0) is 37.8 Å². The zero-order valence-electron chi connectivity index (χ0n) is 11.1. The molecule has 1 aliphatic rings. The number of aromatic nitrogens is 1. The van der Waals surface area contributed by atoms with Gasteiger partial charge in [-0.3, -0.25) is 4.79 Å². The topological polar surface area (TPSA) is 54.0 Å². The second-order valence-electron chi connectivity index (χ2n) is 4.99. The van der Waals surface area contributed by atoms with Crippen molar-refractivity contribution in [2.75, 3.05) is 12.4 Å². The van der Waals surface area contributed by atoms with Crippen LogP contribution in [-0.4, -0.2) is 24.0 Å². The molecule has 4 heteroatoms. The van der Waals surface area contributed by atoms with Crippen LogP contribution in [0.3, 0.4) is 0 Å². The lowest BCUT2D eigenvalue weighted by molar-refractivity contribution is 0.0927. The van der Waals surface area contributed by atoms with Gasteiger partial charge in [-0.15, -0.1) is 0 Å². The van der Waals surface area contributed by atoms with Crippen molar-refractivity contribution in [3.8, 4) is 0 Å². The molecule has 0 saturated heterocycles. The molecule has 18 heavy (non-hydrogen) atoms. The number of carbonyl (C=O) groups excluding carboxylic acids is 1. The molecule has 4 nitrogen and oxygen atoms in total. The van der Waals surface area contributed by atoms with E-state index >= 15 is 0 Å². The molecule has 0 bridgehead atoms. The molecule has 1 saturated carbocycles. The lowest BCUT2D eigenvalue weighted by Gasteiger charge is -2.20. The number of anilines is 1. The summed E-state index contributed by atoms with van der Waals surface area (Å²) in [6.45, 7) is 2.10. The highest BCUT2D eigenvalue weighted by Gasteiger charge is 2.23. The molecule has 0 spiro atoms. The van der Waals surface area contributed by atoms with Crippen LogP contribution < -0.4 is 10.6 Å². The molecule has 2 N–H and O–H groups in total. The first-order valence-corrected chi connectivity index (χ1v) is 6.65. The number of hydrogen-bond acceptors (Lipinski definition) is 3. The van der Waals surface area contributed by atoms with Crippen molar-refractivity contribution in [1.82, 2.24) is 10.3 Å². The summed E-state index contributed by atoms with van der Waals surface area (Å²) in [5, 5.41) is 6.01. The smallest absolute Gasteiger partial charge is 0.253 e. The van der Waals surface area contributed by atoms with E-state index in [1.165, 1.54) is 25.7 Å². The second-order valence-corrected chi connectivity index (χ2v) is 4.99. The van der Waals surface area contributed by atoms with Crippen LogP contribution in [0.15, 0.2) is 18.3 Å². The first-order valence-electron chi connectivity index (χ1n) is 6.65. The van der Waals surface area contributed by atoms with Crippen molar-refractivity contribution in [3.05, 3.63) is 23.9 Å². The fourth-order valence-corrected chi connectivity index (χ4v) is 2.54. The van der Waals surface area contributed by atoms with Crippen LogP contribution in [0.25, 0.3) is 0 Å². The third-order valence-electron chi connectivity index (χ3n) is 3.75. The third-order valence-corrected chi connectivity index (χ3v) is 3.75. The highest BCUT2D eigenvalue weighted by Crippen LogP contribution is 2.27. The Kier molecular flexibility index (Phi) is 4.18. The van der Waals surface area contributed by atoms with E-state index in [1.54, 1.807) is 12.3 Å². The predicted molar refractivity (Wildman–Crippen MR) is 72.7 cm³/mol. The fraction of sp³-hybridized carbons (Fsp3) is 0.571. The summed E-state index contributed by atoms with van der Waals surface area (Å²) >= 11 is 0. The summed E-state index contributed by atoms with van der Waals surface area (Å²) in [4.78, 5) is 16.2. The maximum Gasteiger partial charge on any atom is 0.253 e. The van der Waals surface area contributed by atoms with Crippen LogP contribution in [0.1, 0.15) is 43.0 Å². The van der Waals surface area contributed by atoms with Gasteiger partial charge in [0.05, 0.1) is 5.56 Å². The van der Waals surface area contributed by atoms with Crippen molar-refractivity contribution in [2.24, 2.45) is 5.92 Å². The number of nitrogens with one attached hydrogen (secondary N) is 2. The maximum absolute atomic E-state index is 12.0. The zero-order valence-corrected chi connectivity index (χ0v) is 11.1. The van der Waals surface area contributed by atoms with Gasteiger partial charge >= 0.3 is 0 Å². The molecule has 2 rings (SSSR count). The monoisotopic (exact) mass is 247 g/mol. The number of nitrogens with zero attached hydrogens (tertiary/aromatic N) is 1. The van der Waals surface area contributed by atoms with Crippen LogP contribution in [-0.2, 0) is 0 Å². The van der Waals surface area contributed by atoms with E-state index in [2.05, 4.69) is 22.5 Å². The van der Waals surface area contributed by atoms with Crippen molar-refractivity contribution < 1.29 is 4.79 Å². The van der Waals surface area contributed by atoms with Gasteiger partial charge in [-0.25, -0.2) is 4.98 Å². The van der Waals surface area contributed by atoms with E-state index in [0.717, 1.165) is 5.82 Å². The number of pyridine rings is 1. The SMILES string of the molecule is CNc1ccc(C(=O)NC(C)C2CCCC2)cn1. The lowest BCUT2D eigenvalue weighted by atomic mass is 9.99. The molecular weight excluding hydrogens is 226 g/mol. The molecule has 1 aromatic heterocycles. The summed E-state index contributed by atoms with van der Waals surface area (Å²) in [5.74, 6) is 1.39. The molecule has 0 aromatic carbocycles. The van der Waals surface area contributed by atoms with Crippen molar-refractivity contribution >= 4 is 11.7 Å². The Labute approximate surface area is 108 Å². The Morgan fingerprint density at radius 1 is 1.39 bits per heavy atom. The van der Waals surface area contributed by atoms with Crippen molar-refractivity contribution in [1.29, 1.82) is 0 Å². The van der Waals surface area contributed by atoms with Crippen molar-refractivity contribution in [2.45, 2.75) is 38.6 Å². The third kappa shape index (κ3) is 3.00. The number of hydrogen-bond donors (Lipinski definition) is 2. The van der Waals surface area contributed by atoms with Gasteiger partial charge in [-0.1, -0.05) is 12.8 Å². The van der Waals surface area contributed by atoms with Gasteiger partial charge in [-0.2, -0.15) is 0 Å². The average Bonchev–Trinajstić information content (AvgIpc) is 2.92. The first kappa shape index (κ1) is 12.9. The normalized spacial score (nSPS) is 17.4. The largest absolute Gasteiger partial charge is 0.373 e. The van der Waals surface area contributed by atoms with Gasteiger partial charge in [0, 0.05) is 19.3 Å². The predicted octanol–water partition coefficient (Wildman–Crippen LogP) is 2.43. The Bertz CT molecular complexity index is 396. The molecule has 1 heterocycles. The summed E-state index contributed by atoms with van der Waals surface area (Å²) < 4.78 is 0. The van der Waals surface area contributed by atoms with Gasteiger partial charge in [0.15, 0.2) is 0 Å². The summed E-state index contributed by atoms with van der Waals surface area (Å²) in [6.07, 6.45) is 6.67. The average molecular weight is 247 g/mol. The molecule has 1 fully saturated rings. The summed E-state index contributed by atoms with van der Waals surface area (Å²) in [5.41, 5.74) is 0.624. The minimum atomic E-state index is -0.0236. The molecule has 1 unspecified atom stereocenters. The highest BCUT2D eigenvalue weighted by molar-refractivity contribution is 5.94. The first-order chi connectivity index (χ1) is 8.70. The zero-order chi connectivity index (χ0) is 13.0. The molecule has 0 radical (unpaired) electrons. The summed E-state index contributed by atoms with van der Waals surface area (Å²) in [6, 6.07) is 3.87. The number of carbonyl (C=O) groups is 1. The van der Waals surface area contributed by atoms with Gasteiger partial charge < -0.3 is 10.6 Å². The lowest BCUT2D eigenvalue weighted by Crippen LogP contribution is -2.37. The minimum Gasteiger partial charge on any atom is -0.373 e. The fourth-order valence-electron chi connectivity index (χ4n) is 2.54. The van der Waals surface area contributed by atoms with Crippen LogP contribution in [0, 0.1) is 5.92 Å². The second kappa shape index (κ2) is 5.85. The Balaban J connectivity index is 1.93. The van der Waals surface area contributed by atoms with Crippen LogP contribution >= 0.6 is 0 Å².